The summed E-state index contributed by atoms with van der Waals surface area (Å²) in [5.74, 6) is 0.110. The minimum absolute atomic E-state index is 0.110. The summed E-state index contributed by atoms with van der Waals surface area (Å²) in [6, 6.07) is 14.3. The first-order valence-corrected chi connectivity index (χ1v) is 7.06. The van der Waals surface area contributed by atoms with E-state index < -0.39 is 0 Å². The molecule has 2 aromatic carbocycles. The van der Waals surface area contributed by atoms with Crippen molar-refractivity contribution in [2.45, 2.75) is 20.0 Å². The molecule has 3 heteroatoms. The number of Topliss-reactive ketones (excluding diaryl/α,β-unsaturated/α-hetero) is 1. The number of hydrogen-bond donors (Lipinski definition) is 0. The number of fused-ring (bicyclic) bond motifs is 1. The number of ketones is 1. The van der Waals surface area contributed by atoms with Gasteiger partial charge in [0.1, 0.15) is 0 Å². The van der Waals surface area contributed by atoms with Crippen molar-refractivity contribution in [1.82, 2.24) is 0 Å². The van der Waals surface area contributed by atoms with Gasteiger partial charge in [-0.25, -0.2) is 0 Å². The number of anilines is 1. The normalized spacial score (nSPS) is 13.5. The highest BCUT2D eigenvalue weighted by atomic mass is 79.9. The molecule has 0 fully saturated rings. The molecule has 19 heavy (non-hydrogen) atoms. The summed E-state index contributed by atoms with van der Waals surface area (Å²) in [6.07, 6.45) is 0. The zero-order valence-electron chi connectivity index (χ0n) is 10.7. The summed E-state index contributed by atoms with van der Waals surface area (Å²) >= 11 is 3.49. The van der Waals surface area contributed by atoms with Gasteiger partial charge in [-0.3, -0.25) is 4.79 Å². The van der Waals surface area contributed by atoms with Crippen molar-refractivity contribution in [2.24, 2.45) is 0 Å². The Balaban J connectivity index is 2.01. The molecule has 1 aliphatic rings. The van der Waals surface area contributed by atoms with Crippen LogP contribution in [0.2, 0.25) is 0 Å². The minimum atomic E-state index is 0.110. The second-order valence-corrected chi connectivity index (χ2v) is 5.76. The first-order valence-electron chi connectivity index (χ1n) is 6.27. The molecular weight excluding hydrogens is 302 g/mol. The summed E-state index contributed by atoms with van der Waals surface area (Å²) < 4.78 is 1.00. The van der Waals surface area contributed by atoms with Crippen molar-refractivity contribution in [2.75, 3.05) is 4.90 Å². The lowest BCUT2D eigenvalue weighted by molar-refractivity contribution is 0.101. The van der Waals surface area contributed by atoms with Gasteiger partial charge in [-0.05, 0) is 36.2 Å². The quantitative estimate of drug-likeness (QED) is 0.775. The summed E-state index contributed by atoms with van der Waals surface area (Å²) in [7, 11) is 0. The van der Waals surface area contributed by atoms with Gasteiger partial charge in [0, 0.05) is 28.8 Å². The van der Waals surface area contributed by atoms with Gasteiger partial charge in [-0.2, -0.15) is 0 Å². The van der Waals surface area contributed by atoms with Crippen LogP contribution in [0.15, 0.2) is 46.9 Å². The largest absolute Gasteiger partial charge is 0.362 e. The monoisotopic (exact) mass is 315 g/mol. The Morgan fingerprint density at radius 3 is 2.32 bits per heavy atom. The van der Waals surface area contributed by atoms with Gasteiger partial charge in [0.25, 0.3) is 0 Å². The second kappa shape index (κ2) is 4.82. The predicted molar refractivity (Wildman–Crippen MR) is 80.5 cm³/mol. The van der Waals surface area contributed by atoms with Crippen LogP contribution in [0.3, 0.4) is 0 Å². The zero-order valence-corrected chi connectivity index (χ0v) is 12.3. The van der Waals surface area contributed by atoms with E-state index in [2.05, 4.69) is 45.1 Å². The average Bonchev–Trinajstić information content (AvgIpc) is 2.81. The summed E-state index contributed by atoms with van der Waals surface area (Å²) in [4.78, 5) is 14.0. The lowest BCUT2D eigenvalue weighted by Gasteiger charge is -2.21. The van der Waals surface area contributed by atoms with Crippen LogP contribution in [0.5, 0.6) is 0 Å². The number of hydrogen-bond acceptors (Lipinski definition) is 2. The van der Waals surface area contributed by atoms with Gasteiger partial charge >= 0.3 is 0 Å². The molecular formula is C16H14BrNO. The fourth-order valence-corrected chi connectivity index (χ4v) is 2.92. The molecule has 96 valence electrons. The van der Waals surface area contributed by atoms with Gasteiger partial charge in [0.15, 0.2) is 5.78 Å². The summed E-state index contributed by atoms with van der Waals surface area (Å²) in [5, 5.41) is 0. The molecule has 0 spiro atoms. The molecule has 0 aliphatic carbocycles. The third kappa shape index (κ3) is 2.30. The Bertz CT molecular complexity index is 626. The lowest BCUT2D eigenvalue weighted by atomic mass is 10.1. The topological polar surface area (TPSA) is 20.3 Å². The van der Waals surface area contributed by atoms with Gasteiger partial charge in [0.2, 0.25) is 0 Å². The molecule has 0 atom stereocenters. The number of nitrogens with zero attached hydrogens (tertiary/aromatic N) is 1. The Morgan fingerprint density at radius 1 is 1.11 bits per heavy atom. The van der Waals surface area contributed by atoms with Crippen LogP contribution < -0.4 is 4.90 Å². The van der Waals surface area contributed by atoms with Crippen molar-refractivity contribution >= 4 is 27.4 Å². The Kier molecular flexibility index (Phi) is 3.15. The molecule has 0 unspecified atom stereocenters. The lowest BCUT2D eigenvalue weighted by Crippen LogP contribution is -2.17. The van der Waals surface area contributed by atoms with E-state index in [1.807, 2.05) is 18.2 Å². The van der Waals surface area contributed by atoms with E-state index in [0.29, 0.717) is 0 Å². The summed E-state index contributed by atoms with van der Waals surface area (Å²) in [5.41, 5.74) is 4.49. The van der Waals surface area contributed by atoms with Gasteiger partial charge < -0.3 is 4.90 Å². The fraction of sp³-hybridized carbons (Fsp3) is 0.188. The zero-order chi connectivity index (χ0) is 13.4. The smallest absolute Gasteiger partial charge is 0.161 e. The number of carbonyl (C=O) groups excluding carboxylic acids is 1. The van der Waals surface area contributed by atoms with Gasteiger partial charge in [0.05, 0.1) is 0 Å². The minimum Gasteiger partial charge on any atom is -0.362 e. The Morgan fingerprint density at radius 2 is 1.74 bits per heavy atom. The van der Waals surface area contributed by atoms with E-state index in [0.717, 1.165) is 28.8 Å². The molecule has 0 N–H and O–H groups in total. The van der Waals surface area contributed by atoms with E-state index in [4.69, 9.17) is 0 Å². The van der Waals surface area contributed by atoms with Crippen LogP contribution in [0, 0.1) is 0 Å². The molecule has 1 heterocycles. The van der Waals surface area contributed by atoms with Crippen LogP contribution in [0.25, 0.3) is 0 Å². The van der Waals surface area contributed by atoms with E-state index in [1.165, 1.54) is 11.1 Å². The van der Waals surface area contributed by atoms with Crippen LogP contribution >= 0.6 is 15.9 Å². The average molecular weight is 316 g/mol. The highest BCUT2D eigenvalue weighted by Gasteiger charge is 2.22. The maximum absolute atomic E-state index is 11.8. The Hall–Kier alpha value is -1.61. The molecule has 3 rings (SSSR count). The molecule has 2 aromatic rings. The first-order chi connectivity index (χ1) is 9.15. The number of halogens is 1. The molecule has 0 aromatic heterocycles. The highest BCUT2D eigenvalue weighted by Crippen LogP contribution is 2.32. The predicted octanol–water partition coefficient (Wildman–Crippen LogP) is 4.17. The molecule has 0 bridgehead atoms. The summed E-state index contributed by atoms with van der Waals surface area (Å²) in [6.45, 7) is 3.36. The third-order valence-electron chi connectivity index (χ3n) is 3.52. The maximum atomic E-state index is 11.8. The van der Waals surface area contributed by atoms with Crippen molar-refractivity contribution < 1.29 is 4.79 Å². The second-order valence-electron chi connectivity index (χ2n) is 4.84. The Labute approximate surface area is 121 Å². The van der Waals surface area contributed by atoms with Crippen LogP contribution in [-0.2, 0) is 13.1 Å². The molecule has 0 amide bonds. The SMILES string of the molecule is CC(=O)c1ccc(Br)cc1N1Cc2ccccc2C1. The third-order valence-corrected chi connectivity index (χ3v) is 4.01. The highest BCUT2D eigenvalue weighted by molar-refractivity contribution is 9.10. The first kappa shape index (κ1) is 12.4. The van der Waals surface area contributed by atoms with E-state index in [9.17, 15) is 4.79 Å². The van der Waals surface area contributed by atoms with Gasteiger partial charge in [-0.15, -0.1) is 0 Å². The van der Waals surface area contributed by atoms with Gasteiger partial charge in [-0.1, -0.05) is 40.2 Å². The van der Waals surface area contributed by atoms with Crippen LogP contribution in [0.1, 0.15) is 28.4 Å². The molecule has 1 aliphatic heterocycles. The van der Waals surface area contributed by atoms with E-state index in [-0.39, 0.29) is 5.78 Å². The number of benzene rings is 2. The van der Waals surface area contributed by atoms with E-state index in [1.54, 1.807) is 6.92 Å². The number of carbonyl (C=O) groups is 1. The molecule has 0 saturated heterocycles. The van der Waals surface area contributed by atoms with Crippen molar-refractivity contribution in [3.8, 4) is 0 Å². The van der Waals surface area contributed by atoms with E-state index >= 15 is 0 Å². The maximum Gasteiger partial charge on any atom is 0.161 e. The van der Waals surface area contributed by atoms with Crippen molar-refractivity contribution in [3.63, 3.8) is 0 Å². The molecule has 2 nitrogen and oxygen atoms in total. The molecule has 0 saturated carbocycles. The van der Waals surface area contributed by atoms with Crippen LogP contribution in [-0.4, -0.2) is 5.78 Å². The van der Waals surface area contributed by atoms with Crippen LogP contribution in [0.4, 0.5) is 5.69 Å². The van der Waals surface area contributed by atoms with Crippen molar-refractivity contribution in [1.29, 1.82) is 0 Å². The standard InChI is InChI=1S/C16H14BrNO/c1-11(19)15-7-6-14(17)8-16(15)18-9-12-4-2-3-5-13(12)10-18/h2-8H,9-10H2,1H3. The number of rotatable bonds is 2. The van der Waals surface area contributed by atoms with Crippen molar-refractivity contribution in [3.05, 3.63) is 63.6 Å². The molecule has 0 radical (unpaired) electrons. The fourth-order valence-electron chi connectivity index (χ4n) is 2.57.